The van der Waals surface area contributed by atoms with Gasteiger partial charge in [-0.25, -0.2) is 0 Å². The Kier molecular flexibility index (Phi) is 5.72. The second-order valence-electron chi connectivity index (χ2n) is 3.15. The van der Waals surface area contributed by atoms with Gasteiger partial charge in [-0.1, -0.05) is 13.8 Å². The zero-order valence-corrected chi connectivity index (χ0v) is 8.21. The van der Waals surface area contributed by atoms with Crippen LogP contribution >= 0.6 is 0 Å². The van der Waals surface area contributed by atoms with Crippen molar-refractivity contribution in [1.29, 1.82) is 0 Å². The third-order valence-corrected chi connectivity index (χ3v) is 2.06. The van der Waals surface area contributed by atoms with Gasteiger partial charge in [-0.15, -0.1) is 0 Å². The zero-order chi connectivity index (χ0) is 9.56. The number of nitrogens with zero attached hydrogens (tertiary/aromatic N) is 1. The topological polar surface area (TPSA) is 40.5 Å². The number of hydrogen-bond acceptors (Lipinski definition) is 2. The molecule has 72 valence electrons. The van der Waals surface area contributed by atoms with Gasteiger partial charge in [0.05, 0.1) is 0 Å². The van der Waals surface area contributed by atoms with Crippen LogP contribution in [-0.4, -0.2) is 36.1 Å². The fourth-order valence-electron chi connectivity index (χ4n) is 0.969. The van der Waals surface area contributed by atoms with Crippen molar-refractivity contribution in [3.8, 4) is 0 Å². The molecule has 0 heterocycles. The lowest BCUT2D eigenvalue weighted by Crippen LogP contribution is -2.32. The summed E-state index contributed by atoms with van der Waals surface area (Å²) in [5.41, 5.74) is 0. The molecule has 1 N–H and O–H groups in total. The van der Waals surface area contributed by atoms with E-state index in [0.717, 1.165) is 6.42 Å². The summed E-state index contributed by atoms with van der Waals surface area (Å²) >= 11 is 0. The van der Waals surface area contributed by atoms with Crippen LogP contribution in [0.2, 0.25) is 0 Å². The molecule has 0 aliphatic carbocycles. The summed E-state index contributed by atoms with van der Waals surface area (Å²) in [6.45, 7) is 4.73. The fourth-order valence-corrected chi connectivity index (χ4v) is 0.969. The molecule has 0 aromatic heterocycles. The highest BCUT2D eigenvalue weighted by Crippen LogP contribution is 2.04. The summed E-state index contributed by atoms with van der Waals surface area (Å²) < 4.78 is 0. The lowest BCUT2D eigenvalue weighted by Gasteiger charge is -2.19. The van der Waals surface area contributed by atoms with Gasteiger partial charge in [-0.2, -0.15) is 0 Å². The third-order valence-electron chi connectivity index (χ3n) is 2.06. The van der Waals surface area contributed by atoms with E-state index in [1.165, 1.54) is 0 Å². The van der Waals surface area contributed by atoms with Crippen molar-refractivity contribution < 1.29 is 9.90 Å². The van der Waals surface area contributed by atoms with Crippen molar-refractivity contribution in [2.75, 3.05) is 20.2 Å². The minimum Gasteiger partial charge on any atom is -0.396 e. The van der Waals surface area contributed by atoms with E-state index in [1.807, 2.05) is 13.8 Å². The largest absolute Gasteiger partial charge is 0.396 e. The van der Waals surface area contributed by atoms with Gasteiger partial charge >= 0.3 is 0 Å². The molecule has 0 aromatic carbocycles. The maximum atomic E-state index is 11.4. The molecule has 0 spiro atoms. The van der Waals surface area contributed by atoms with Gasteiger partial charge in [0.2, 0.25) is 5.91 Å². The molecular weight excluding hydrogens is 154 g/mol. The predicted molar refractivity (Wildman–Crippen MR) is 48.8 cm³/mol. The molecule has 12 heavy (non-hydrogen) atoms. The number of aliphatic hydroxyl groups excluding tert-OH is 1. The molecule has 0 aliphatic heterocycles. The third kappa shape index (κ3) is 3.72. The van der Waals surface area contributed by atoms with Crippen LogP contribution in [0.1, 0.15) is 26.7 Å². The molecule has 0 radical (unpaired) electrons. The minimum atomic E-state index is 0.105. The quantitative estimate of drug-likeness (QED) is 0.670. The van der Waals surface area contributed by atoms with Gasteiger partial charge in [-0.3, -0.25) is 4.79 Å². The Balaban J connectivity index is 3.75. The van der Waals surface area contributed by atoms with Crippen molar-refractivity contribution in [3.63, 3.8) is 0 Å². The van der Waals surface area contributed by atoms with Gasteiger partial charge in [0.25, 0.3) is 0 Å². The lowest BCUT2D eigenvalue weighted by molar-refractivity contribution is -0.133. The van der Waals surface area contributed by atoms with E-state index in [2.05, 4.69) is 0 Å². The highest BCUT2D eigenvalue weighted by atomic mass is 16.3. The number of amides is 1. The summed E-state index contributed by atoms with van der Waals surface area (Å²) in [7, 11) is 1.78. The van der Waals surface area contributed by atoms with Gasteiger partial charge in [0.1, 0.15) is 0 Å². The smallest absolute Gasteiger partial charge is 0.225 e. The van der Waals surface area contributed by atoms with Crippen LogP contribution in [0.3, 0.4) is 0 Å². The molecule has 0 fully saturated rings. The van der Waals surface area contributed by atoms with Crippen LogP contribution in [0, 0.1) is 5.92 Å². The van der Waals surface area contributed by atoms with Crippen molar-refractivity contribution in [2.24, 2.45) is 5.92 Å². The number of carbonyl (C=O) groups excluding carboxylic acids is 1. The van der Waals surface area contributed by atoms with Crippen LogP contribution in [0.15, 0.2) is 0 Å². The number of rotatable bonds is 5. The second-order valence-corrected chi connectivity index (χ2v) is 3.15. The molecule has 0 rings (SSSR count). The van der Waals surface area contributed by atoms with Gasteiger partial charge in [0.15, 0.2) is 0 Å². The highest BCUT2D eigenvalue weighted by molar-refractivity contribution is 5.78. The molecule has 0 bridgehead atoms. The van der Waals surface area contributed by atoms with Crippen molar-refractivity contribution >= 4 is 5.91 Å². The molecule has 0 saturated carbocycles. The van der Waals surface area contributed by atoms with Crippen molar-refractivity contribution in [1.82, 2.24) is 4.90 Å². The molecule has 1 unspecified atom stereocenters. The first kappa shape index (κ1) is 11.4. The van der Waals surface area contributed by atoms with E-state index in [4.69, 9.17) is 5.11 Å². The Hall–Kier alpha value is -0.570. The molecule has 1 atom stereocenters. The van der Waals surface area contributed by atoms with E-state index >= 15 is 0 Å². The van der Waals surface area contributed by atoms with Crippen molar-refractivity contribution in [2.45, 2.75) is 26.7 Å². The standard InChI is InChI=1S/C9H19NO2/c1-4-8(2)9(12)10(3)6-5-7-11/h8,11H,4-7H2,1-3H3. The van der Waals surface area contributed by atoms with Gasteiger partial charge in [-0.05, 0) is 12.8 Å². The van der Waals surface area contributed by atoms with Gasteiger partial charge < -0.3 is 10.0 Å². The van der Waals surface area contributed by atoms with Crippen LogP contribution < -0.4 is 0 Å². The Morgan fingerprint density at radius 3 is 2.58 bits per heavy atom. The molecule has 3 heteroatoms. The Morgan fingerprint density at radius 2 is 2.17 bits per heavy atom. The normalized spacial score (nSPS) is 12.7. The van der Waals surface area contributed by atoms with Crippen molar-refractivity contribution in [3.05, 3.63) is 0 Å². The maximum Gasteiger partial charge on any atom is 0.225 e. The summed E-state index contributed by atoms with van der Waals surface area (Å²) in [5.74, 6) is 0.277. The molecule has 0 aliphatic rings. The Labute approximate surface area is 74.4 Å². The van der Waals surface area contributed by atoms with E-state index in [1.54, 1.807) is 11.9 Å². The van der Waals surface area contributed by atoms with Crippen LogP contribution in [0.4, 0.5) is 0 Å². The van der Waals surface area contributed by atoms with E-state index in [9.17, 15) is 4.79 Å². The van der Waals surface area contributed by atoms with Crippen LogP contribution in [0.25, 0.3) is 0 Å². The monoisotopic (exact) mass is 173 g/mol. The number of hydrogen-bond donors (Lipinski definition) is 1. The first-order chi connectivity index (χ1) is 5.63. The highest BCUT2D eigenvalue weighted by Gasteiger charge is 2.14. The molecule has 3 nitrogen and oxygen atoms in total. The predicted octanol–water partition coefficient (Wildman–Crippen LogP) is 0.873. The Morgan fingerprint density at radius 1 is 1.58 bits per heavy atom. The second kappa shape index (κ2) is 6.00. The summed E-state index contributed by atoms with van der Waals surface area (Å²) in [4.78, 5) is 13.1. The SMILES string of the molecule is CCC(C)C(=O)N(C)CCCO. The van der Waals surface area contributed by atoms with E-state index < -0.39 is 0 Å². The summed E-state index contributed by atoms with van der Waals surface area (Å²) in [6.07, 6.45) is 1.54. The van der Waals surface area contributed by atoms with Gasteiger partial charge in [0, 0.05) is 26.1 Å². The number of aliphatic hydroxyl groups is 1. The first-order valence-electron chi connectivity index (χ1n) is 4.49. The van der Waals surface area contributed by atoms with E-state index in [0.29, 0.717) is 13.0 Å². The average Bonchev–Trinajstić information content (AvgIpc) is 2.11. The summed E-state index contributed by atoms with van der Waals surface area (Å²) in [6, 6.07) is 0. The number of carbonyl (C=O) groups is 1. The van der Waals surface area contributed by atoms with Crippen LogP contribution in [-0.2, 0) is 4.79 Å². The lowest BCUT2D eigenvalue weighted by atomic mass is 10.1. The van der Waals surface area contributed by atoms with E-state index in [-0.39, 0.29) is 18.4 Å². The minimum absolute atomic E-state index is 0.105. The molecular formula is C9H19NO2. The first-order valence-corrected chi connectivity index (χ1v) is 4.49. The fraction of sp³-hybridized carbons (Fsp3) is 0.889. The summed E-state index contributed by atoms with van der Waals surface area (Å²) in [5, 5.41) is 8.55. The molecule has 0 saturated heterocycles. The molecule has 0 aromatic rings. The zero-order valence-electron chi connectivity index (χ0n) is 8.21. The molecule has 1 amide bonds. The Bertz CT molecular complexity index is 136. The van der Waals surface area contributed by atoms with Crippen LogP contribution in [0.5, 0.6) is 0 Å². The maximum absolute atomic E-state index is 11.4. The average molecular weight is 173 g/mol.